The number of nitrogens with zero attached hydrogens (tertiary/aromatic N) is 2. The van der Waals surface area contributed by atoms with Gasteiger partial charge in [0.25, 0.3) is 5.91 Å². The molecule has 0 fully saturated rings. The standard InChI is InChI=1S/C13H15FN2O/c1-9(2)6-11-8-13(17)16(15-11)12-5-3-4-10(14)7-12/h3-5,7,9H,6,8H2,1-2H3. The first-order valence-corrected chi connectivity index (χ1v) is 5.71. The first kappa shape index (κ1) is 11.8. The lowest BCUT2D eigenvalue weighted by atomic mass is 10.1. The predicted molar refractivity (Wildman–Crippen MR) is 65.4 cm³/mol. The molecule has 1 aromatic rings. The van der Waals surface area contributed by atoms with Crippen LogP contribution in [0.1, 0.15) is 26.7 Å². The van der Waals surface area contributed by atoms with Crippen LogP contribution in [0, 0.1) is 11.7 Å². The number of halogens is 1. The Kier molecular flexibility index (Phi) is 3.22. The van der Waals surface area contributed by atoms with Gasteiger partial charge < -0.3 is 0 Å². The third-order valence-corrected chi connectivity index (χ3v) is 2.53. The summed E-state index contributed by atoms with van der Waals surface area (Å²) >= 11 is 0. The molecule has 0 unspecified atom stereocenters. The molecule has 0 aromatic heterocycles. The average molecular weight is 234 g/mol. The topological polar surface area (TPSA) is 32.7 Å². The molecule has 0 atom stereocenters. The van der Waals surface area contributed by atoms with E-state index in [2.05, 4.69) is 18.9 Å². The van der Waals surface area contributed by atoms with Gasteiger partial charge in [-0.1, -0.05) is 19.9 Å². The summed E-state index contributed by atoms with van der Waals surface area (Å²) in [7, 11) is 0. The van der Waals surface area contributed by atoms with E-state index in [0.29, 0.717) is 18.0 Å². The molecule has 0 N–H and O–H groups in total. The summed E-state index contributed by atoms with van der Waals surface area (Å²) in [6, 6.07) is 5.93. The molecule has 0 saturated carbocycles. The van der Waals surface area contributed by atoms with Crippen LogP contribution in [0.3, 0.4) is 0 Å². The molecule has 3 nitrogen and oxygen atoms in total. The molecular formula is C13H15FN2O. The van der Waals surface area contributed by atoms with Crippen molar-refractivity contribution in [1.29, 1.82) is 0 Å². The number of benzene rings is 1. The molecule has 0 spiro atoms. The molecule has 0 aliphatic carbocycles. The molecule has 1 aliphatic heterocycles. The smallest absolute Gasteiger partial charge is 0.253 e. The van der Waals surface area contributed by atoms with Gasteiger partial charge in [0.05, 0.1) is 12.1 Å². The summed E-state index contributed by atoms with van der Waals surface area (Å²) < 4.78 is 13.1. The van der Waals surface area contributed by atoms with Crippen LogP contribution in [-0.2, 0) is 4.79 Å². The maximum atomic E-state index is 13.1. The summed E-state index contributed by atoms with van der Waals surface area (Å²) in [6.45, 7) is 4.16. The van der Waals surface area contributed by atoms with Crippen molar-refractivity contribution in [2.75, 3.05) is 5.01 Å². The van der Waals surface area contributed by atoms with Crippen molar-refractivity contribution in [3.63, 3.8) is 0 Å². The van der Waals surface area contributed by atoms with E-state index in [1.54, 1.807) is 12.1 Å². The number of rotatable bonds is 3. The lowest BCUT2D eigenvalue weighted by Gasteiger charge is -2.11. The highest BCUT2D eigenvalue weighted by Crippen LogP contribution is 2.23. The highest BCUT2D eigenvalue weighted by molar-refractivity contribution is 6.12. The van der Waals surface area contributed by atoms with Crippen molar-refractivity contribution >= 4 is 17.3 Å². The fourth-order valence-corrected chi connectivity index (χ4v) is 1.88. The molecule has 17 heavy (non-hydrogen) atoms. The molecule has 1 aliphatic rings. The molecule has 90 valence electrons. The summed E-state index contributed by atoms with van der Waals surface area (Å²) in [4.78, 5) is 11.8. The van der Waals surface area contributed by atoms with Crippen molar-refractivity contribution in [2.24, 2.45) is 11.0 Å². The zero-order chi connectivity index (χ0) is 12.4. The number of carbonyl (C=O) groups excluding carboxylic acids is 1. The summed E-state index contributed by atoms with van der Waals surface area (Å²) in [5.74, 6) is 0.0167. The highest BCUT2D eigenvalue weighted by Gasteiger charge is 2.25. The van der Waals surface area contributed by atoms with Crippen molar-refractivity contribution < 1.29 is 9.18 Å². The second-order valence-electron chi connectivity index (χ2n) is 4.63. The molecule has 0 saturated heterocycles. The van der Waals surface area contributed by atoms with E-state index in [1.165, 1.54) is 17.1 Å². The first-order chi connectivity index (χ1) is 8.06. The van der Waals surface area contributed by atoms with Gasteiger partial charge in [-0.05, 0) is 30.5 Å². The Bertz CT molecular complexity index is 468. The van der Waals surface area contributed by atoms with Gasteiger partial charge in [-0.15, -0.1) is 0 Å². The average Bonchev–Trinajstić information content (AvgIpc) is 2.58. The fourth-order valence-electron chi connectivity index (χ4n) is 1.88. The maximum absolute atomic E-state index is 13.1. The lowest BCUT2D eigenvalue weighted by molar-refractivity contribution is -0.116. The van der Waals surface area contributed by atoms with Gasteiger partial charge in [-0.25, -0.2) is 9.40 Å². The van der Waals surface area contributed by atoms with Crippen LogP contribution < -0.4 is 5.01 Å². The fraction of sp³-hybridized carbons (Fsp3) is 0.385. The van der Waals surface area contributed by atoms with Crippen molar-refractivity contribution in [3.05, 3.63) is 30.1 Å². The van der Waals surface area contributed by atoms with Crippen LogP contribution in [0.15, 0.2) is 29.4 Å². The molecular weight excluding hydrogens is 219 g/mol. The van der Waals surface area contributed by atoms with Gasteiger partial charge >= 0.3 is 0 Å². The van der Waals surface area contributed by atoms with E-state index in [-0.39, 0.29) is 11.7 Å². The van der Waals surface area contributed by atoms with E-state index in [4.69, 9.17) is 0 Å². The maximum Gasteiger partial charge on any atom is 0.253 e. The Balaban J connectivity index is 2.21. The minimum Gasteiger partial charge on any atom is -0.272 e. The number of amides is 1. The summed E-state index contributed by atoms with van der Waals surface area (Å²) in [5.41, 5.74) is 1.36. The quantitative estimate of drug-likeness (QED) is 0.791. The minimum absolute atomic E-state index is 0.0914. The number of anilines is 1. The number of hydrogen-bond donors (Lipinski definition) is 0. The Hall–Kier alpha value is -1.71. The normalized spacial score (nSPS) is 15.6. The molecule has 1 aromatic carbocycles. The Morgan fingerprint density at radius 3 is 2.88 bits per heavy atom. The Morgan fingerprint density at radius 1 is 1.47 bits per heavy atom. The molecule has 2 rings (SSSR count). The zero-order valence-electron chi connectivity index (χ0n) is 9.98. The molecule has 4 heteroatoms. The van der Waals surface area contributed by atoms with Crippen LogP contribution in [0.5, 0.6) is 0 Å². The van der Waals surface area contributed by atoms with Gasteiger partial charge in [0.1, 0.15) is 5.82 Å². The molecule has 0 bridgehead atoms. The summed E-state index contributed by atoms with van der Waals surface area (Å²) in [5, 5.41) is 5.55. The van der Waals surface area contributed by atoms with E-state index in [9.17, 15) is 9.18 Å². The minimum atomic E-state index is -0.359. The van der Waals surface area contributed by atoms with Gasteiger partial charge in [0.2, 0.25) is 0 Å². The highest BCUT2D eigenvalue weighted by atomic mass is 19.1. The van der Waals surface area contributed by atoms with Gasteiger partial charge in [-0.3, -0.25) is 4.79 Å². The van der Waals surface area contributed by atoms with Crippen LogP contribution in [0.2, 0.25) is 0 Å². The Labute approximate surface area is 99.9 Å². The summed E-state index contributed by atoms with van der Waals surface area (Å²) in [6.07, 6.45) is 1.15. The second-order valence-corrected chi connectivity index (χ2v) is 4.63. The van der Waals surface area contributed by atoms with Crippen LogP contribution in [-0.4, -0.2) is 11.6 Å². The first-order valence-electron chi connectivity index (χ1n) is 5.71. The zero-order valence-corrected chi connectivity index (χ0v) is 9.98. The van der Waals surface area contributed by atoms with Crippen molar-refractivity contribution in [2.45, 2.75) is 26.7 Å². The predicted octanol–water partition coefficient (Wildman–Crippen LogP) is 2.96. The van der Waals surface area contributed by atoms with E-state index in [0.717, 1.165) is 12.1 Å². The van der Waals surface area contributed by atoms with Crippen LogP contribution in [0.4, 0.5) is 10.1 Å². The van der Waals surface area contributed by atoms with Crippen LogP contribution >= 0.6 is 0 Å². The van der Waals surface area contributed by atoms with E-state index < -0.39 is 0 Å². The third kappa shape index (κ3) is 2.70. The number of carbonyl (C=O) groups is 1. The molecule has 1 amide bonds. The van der Waals surface area contributed by atoms with Gasteiger partial charge in [0.15, 0.2) is 0 Å². The van der Waals surface area contributed by atoms with Gasteiger partial charge in [-0.2, -0.15) is 5.10 Å². The largest absolute Gasteiger partial charge is 0.272 e. The van der Waals surface area contributed by atoms with Crippen molar-refractivity contribution in [1.82, 2.24) is 0 Å². The lowest BCUT2D eigenvalue weighted by Crippen LogP contribution is -2.19. The monoisotopic (exact) mass is 234 g/mol. The molecule has 1 heterocycles. The van der Waals surface area contributed by atoms with E-state index >= 15 is 0 Å². The number of hydrogen-bond acceptors (Lipinski definition) is 2. The van der Waals surface area contributed by atoms with E-state index in [1.807, 2.05) is 0 Å². The van der Waals surface area contributed by atoms with Crippen molar-refractivity contribution in [3.8, 4) is 0 Å². The van der Waals surface area contributed by atoms with Crippen LogP contribution in [0.25, 0.3) is 0 Å². The van der Waals surface area contributed by atoms with Gasteiger partial charge in [0, 0.05) is 5.71 Å². The SMILES string of the molecule is CC(C)CC1=NN(c2cccc(F)c2)C(=O)C1. The Morgan fingerprint density at radius 2 is 2.24 bits per heavy atom. The number of hydrazone groups is 1. The molecule has 0 radical (unpaired) electrons. The second kappa shape index (κ2) is 4.65. The third-order valence-electron chi connectivity index (χ3n) is 2.53.